The van der Waals surface area contributed by atoms with E-state index in [-0.39, 0.29) is 55.8 Å². The lowest BCUT2D eigenvalue weighted by molar-refractivity contribution is -0.162. The summed E-state index contributed by atoms with van der Waals surface area (Å²) in [6.45, 7) is 1.84. The average molecular weight is 382 g/mol. The molecule has 7 nitrogen and oxygen atoms in total. The minimum atomic E-state index is -0.744. The Morgan fingerprint density at radius 2 is 1.37 bits per heavy atom. The number of hydrogen-bond donors (Lipinski definition) is 1. The summed E-state index contributed by atoms with van der Waals surface area (Å²) in [7, 11) is 0. The van der Waals surface area contributed by atoms with Crippen molar-refractivity contribution in [3.05, 3.63) is 0 Å². The Balaban J connectivity index is 1.24. The van der Waals surface area contributed by atoms with Crippen molar-refractivity contribution in [2.75, 3.05) is 19.8 Å². The Morgan fingerprint density at radius 3 is 1.74 bits per heavy atom. The van der Waals surface area contributed by atoms with Gasteiger partial charge in [0.15, 0.2) is 0 Å². The van der Waals surface area contributed by atoms with Crippen LogP contribution in [0.4, 0.5) is 0 Å². The van der Waals surface area contributed by atoms with Crippen molar-refractivity contribution in [3.8, 4) is 0 Å². The number of aliphatic hydroxyl groups is 1. The van der Waals surface area contributed by atoms with Crippen LogP contribution in [0.3, 0.4) is 0 Å². The molecular formula is C20H30O7. The summed E-state index contributed by atoms with van der Waals surface area (Å²) in [6, 6.07) is 0. The van der Waals surface area contributed by atoms with Gasteiger partial charge in [-0.3, -0.25) is 9.59 Å². The van der Waals surface area contributed by atoms with Gasteiger partial charge in [0.25, 0.3) is 0 Å². The molecule has 152 valence electrons. The van der Waals surface area contributed by atoms with Gasteiger partial charge in [-0.2, -0.15) is 0 Å². The molecule has 6 atom stereocenters. The van der Waals surface area contributed by atoms with Crippen LogP contribution in [0.1, 0.15) is 51.9 Å². The summed E-state index contributed by atoms with van der Waals surface area (Å²) >= 11 is 0. The normalized spacial score (nSPS) is 38.7. The van der Waals surface area contributed by atoms with Crippen molar-refractivity contribution in [2.24, 2.45) is 17.3 Å². The second-order valence-corrected chi connectivity index (χ2v) is 8.67. The van der Waals surface area contributed by atoms with Gasteiger partial charge < -0.3 is 24.1 Å². The molecule has 0 spiro atoms. The van der Waals surface area contributed by atoms with Crippen LogP contribution in [0.25, 0.3) is 0 Å². The quantitative estimate of drug-likeness (QED) is 0.503. The van der Waals surface area contributed by atoms with Gasteiger partial charge in [0.1, 0.15) is 13.2 Å². The Kier molecular flexibility index (Phi) is 5.45. The van der Waals surface area contributed by atoms with Gasteiger partial charge in [0, 0.05) is 0 Å². The average Bonchev–Trinajstić information content (AvgIpc) is 3.61. The number of aliphatic hydroxyl groups excluding tert-OH is 1. The van der Waals surface area contributed by atoms with Crippen LogP contribution in [0.5, 0.6) is 0 Å². The summed E-state index contributed by atoms with van der Waals surface area (Å²) in [4.78, 5) is 24.8. The Bertz CT molecular complexity index is 527. The van der Waals surface area contributed by atoms with Crippen molar-refractivity contribution in [2.45, 2.75) is 76.3 Å². The molecule has 0 bridgehead atoms. The Hall–Kier alpha value is -1.18. The molecule has 27 heavy (non-hydrogen) atoms. The van der Waals surface area contributed by atoms with Crippen molar-refractivity contribution in [1.29, 1.82) is 0 Å². The van der Waals surface area contributed by atoms with Gasteiger partial charge in [-0.15, -0.1) is 0 Å². The zero-order valence-electron chi connectivity index (χ0n) is 15.9. The minimum Gasteiger partial charge on any atom is -0.465 e. The number of carbonyl (C=O) groups excluding carboxylic acids is 2. The molecule has 0 radical (unpaired) electrons. The van der Waals surface area contributed by atoms with Gasteiger partial charge in [0.2, 0.25) is 0 Å². The van der Waals surface area contributed by atoms with E-state index in [4.69, 9.17) is 18.9 Å². The maximum atomic E-state index is 12.4. The molecule has 2 saturated heterocycles. The van der Waals surface area contributed by atoms with Gasteiger partial charge in [-0.1, -0.05) is 6.92 Å². The fourth-order valence-corrected chi connectivity index (χ4v) is 4.37. The summed E-state index contributed by atoms with van der Waals surface area (Å²) in [6.07, 6.45) is 6.54. The third kappa shape index (κ3) is 4.30. The van der Waals surface area contributed by atoms with Crippen molar-refractivity contribution in [1.82, 2.24) is 0 Å². The first-order valence-corrected chi connectivity index (χ1v) is 10.3. The zero-order chi connectivity index (χ0) is 19.0. The molecular weight excluding hydrogens is 352 g/mol. The fourth-order valence-electron chi connectivity index (χ4n) is 4.37. The second-order valence-electron chi connectivity index (χ2n) is 8.67. The summed E-state index contributed by atoms with van der Waals surface area (Å²) in [5, 5.41) is 9.90. The van der Waals surface area contributed by atoms with E-state index in [0.29, 0.717) is 18.6 Å². The van der Waals surface area contributed by atoms with E-state index in [9.17, 15) is 14.7 Å². The van der Waals surface area contributed by atoms with Crippen molar-refractivity contribution < 1.29 is 33.6 Å². The van der Waals surface area contributed by atoms with Crippen LogP contribution in [-0.4, -0.2) is 61.3 Å². The fraction of sp³-hybridized carbons (Fsp3) is 0.900. The summed E-state index contributed by atoms with van der Waals surface area (Å²) in [5.74, 6) is -0.715. The molecule has 4 rings (SSSR count). The molecule has 6 unspecified atom stereocenters. The minimum absolute atomic E-state index is 0.0655. The van der Waals surface area contributed by atoms with E-state index in [1.54, 1.807) is 0 Å². The third-order valence-corrected chi connectivity index (χ3v) is 6.80. The highest BCUT2D eigenvalue weighted by Crippen LogP contribution is 2.41. The number of rotatable bonds is 8. The molecule has 7 heteroatoms. The predicted molar refractivity (Wildman–Crippen MR) is 93.7 cm³/mol. The maximum Gasteiger partial charge on any atom is 0.309 e. The van der Waals surface area contributed by atoms with E-state index < -0.39 is 5.41 Å². The molecule has 0 aromatic heterocycles. The van der Waals surface area contributed by atoms with Gasteiger partial charge in [0.05, 0.1) is 48.3 Å². The highest BCUT2D eigenvalue weighted by molar-refractivity contribution is 5.73. The second kappa shape index (κ2) is 7.68. The van der Waals surface area contributed by atoms with E-state index in [0.717, 1.165) is 38.5 Å². The number of fused-ring (bicyclic) bond motifs is 2. The molecule has 0 aromatic carbocycles. The third-order valence-electron chi connectivity index (χ3n) is 6.80. The van der Waals surface area contributed by atoms with E-state index >= 15 is 0 Å². The SMILES string of the molecule is CCC(CO)(COC(=O)C1CCC2OC2C1)COC(=O)C1CCC2OC2C1. The molecule has 0 amide bonds. The largest absolute Gasteiger partial charge is 0.465 e. The highest BCUT2D eigenvalue weighted by atomic mass is 16.6. The lowest BCUT2D eigenvalue weighted by atomic mass is 9.86. The van der Waals surface area contributed by atoms with Crippen molar-refractivity contribution >= 4 is 11.9 Å². The van der Waals surface area contributed by atoms with E-state index in [2.05, 4.69) is 0 Å². The highest BCUT2D eigenvalue weighted by Gasteiger charge is 2.47. The molecule has 4 aliphatic rings. The number of epoxide rings is 2. The Labute approximate surface area is 159 Å². The summed E-state index contributed by atoms with van der Waals surface area (Å²) in [5.41, 5.74) is -0.744. The zero-order valence-corrected chi connectivity index (χ0v) is 15.9. The standard InChI is InChI=1S/C20H30O7/c1-2-20(9-21,10-24-18(22)12-3-5-14-16(7-12)26-14)11-25-19(23)13-4-6-15-17(8-13)27-15/h12-17,21H,2-11H2,1H3. The first-order valence-electron chi connectivity index (χ1n) is 10.3. The first-order chi connectivity index (χ1) is 13.0. The maximum absolute atomic E-state index is 12.4. The number of hydrogen-bond acceptors (Lipinski definition) is 7. The monoisotopic (exact) mass is 382 g/mol. The van der Waals surface area contributed by atoms with Gasteiger partial charge >= 0.3 is 11.9 Å². The topological polar surface area (TPSA) is 97.9 Å². The van der Waals surface area contributed by atoms with Crippen LogP contribution in [0.2, 0.25) is 0 Å². The van der Waals surface area contributed by atoms with E-state index in [1.807, 2.05) is 6.92 Å². The molecule has 0 aromatic rings. The van der Waals surface area contributed by atoms with Crippen molar-refractivity contribution in [3.63, 3.8) is 0 Å². The molecule has 4 fully saturated rings. The molecule has 2 saturated carbocycles. The Morgan fingerprint density at radius 1 is 0.889 bits per heavy atom. The number of carbonyl (C=O) groups is 2. The van der Waals surface area contributed by atoms with E-state index in [1.165, 1.54) is 0 Å². The van der Waals surface area contributed by atoms with Gasteiger partial charge in [-0.05, 0) is 44.9 Å². The number of ether oxygens (including phenoxy) is 4. The lowest BCUT2D eigenvalue weighted by Gasteiger charge is -2.31. The van der Waals surface area contributed by atoms with Crippen LogP contribution in [0, 0.1) is 17.3 Å². The smallest absolute Gasteiger partial charge is 0.309 e. The van der Waals surface area contributed by atoms with Crippen LogP contribution in [-0.2, 0) is 28.5 Å². The molecule has 2 aliphatic carbocycles. The van der Waals surface area contributed by atoms with Crippen LogP contribution in [0.15, 0.2) is 0 Å². The van der Waals surface area contributed by atoms with Crippen LogP contribution >= 0.6 is 0 Å². The first kappa shape index (κ1) is 19.2. The summed E-state index contributed by atoms with van der Waals surface area (Å²) < 4.78 is 22.0. The molecule has 1 N–H and O–H groups in total. The lowest BCUT2D eigenvalue weighted by Crippen LogP contribution is -2.39. The van der Waals surface area contributed by atoms with Crippen LogP contribution < -0.4 is 0 Å². The molecule has 2 aliphatic heterocycles. The van der Waals surface area contributed by atoms with Gasteiger partial charge in [-0.25, -0.2) is 0 Å². The molecule has 2 heterocycles. The number of esters is 2. The predicted octanol–water partition coefficient (Wildman–Crippen LogP) is 1.60.